The van der Waals surface area contributed by atoms with Gasteiger partial charge in [0.1, 0.15) is 0 Å². The van der Waals surface area contributed by atoms with Gasteiger partial charge in [0.25, 0.3) is 5.91 Å². The predicted molar refractivity (Wildman–Crippen MR) is 112 cm³/mol. The second-order valence-corrected chi connectivity index (χ2v) is 11.4. The van der Waals surface area contributed by atoms with E-state index >= 15 is 0 Å². The van der Waals surface area contributed by atoms with Crippen molar-refractivity contribution in [3.8, 4) is 0 Å². The van der Waals surface area contributed by atoms with Crippen molar-refractivity contribution in [3.05, 3.63) is 27.7 Å². The summed E-state index contributed by atoms with van der Waals surface area (Å²) in [6, 6.07) is 3.85. The van der Waals surface area contributed by atoms with Crippen molar-refractivity contribution in [2.75, 3.05) is 16.4 Å². The lowest BCUT2D eigenvalue weighted by Gasteiger charge is -2.28. The fourth-order valence-corrected chi connectivity index (χ4v) is 8.08. The van der Waals surface area contributed by atoms with E-state index in [-0.39, 0.29) is 34.6 Å². The maximum atomic E-state index is 12.4. The lowest BCUT2D eigenvalue weighted by Crippen LogP contribution is -2.38. The zero-order chi connectivity index (χ0) is 19.2. The van der Waals surface area contributed by atoms with Crippen LogP contribution in [-0.2, 0) is 14.6 Å². The highest BCUT2D eigenvalue weighted by Crippen LogP contribution is 2.43. The minimum Gasteiger partial charge on any atom is -0.315 e. The quantitative estimate of drug-likeness (QED) is 0.690. The van der Waals surface area contributed by atoms with E-state index in [1.54, 1.807) is 0 Å². The maximum absolute atomic E-state index is 12.4. The normalized spacial score (nSPS) is 27.0. The molecule has 2 saturated heterocycles. The van der Waals surface area contributed by atoms with Crippen molar-refractivity contribution in [1.82, 2.24) is 0 Å². The third-order valence-corrected chi connectivity index (χ3v) is 8.67. The van der Waals surface area contributed by atoms with Gasteiger partial charge in [0.15, 0.2) is 15.0 Å². The summed E-state index contributed by atoms with van der Waals surface area (Å²) in [7, 11) is -3.06. The molecule has 0 unspecified atom stereocenters. The summed E-state index contributed by atoms with van der Waals surface area (Å²) in [4.78, 5) is 18.8. The van der Waals surface area contributed by atoms with Crippen LogP contribution in [0.3, 0.4) is 0 Å². The number of hydrogen-bond donors (Lipinski definition) is 0. The number of amides is 1. The molecule has 2 heterocycles. The van der Waals surface area contributed by atoms with Crippen LogP contribution in [0.1, 0.15) is 31.4 Å². The Morgan fingerprint density at radius 3 is 2.54 bits per heavy atom. The molecule has 0 N–H and O–H groups in total. The van der Waals surface area contributed by atoms with Gasteiger partial charge in [0.05, 0.1) is 17.5 Å². The van der Waals surface area contributed by atoms with Gasteiger partial charge in [0.2, 0.25) is 0 Å². The highest BCUT2D eigenvalue weighted by Gasteiger charge is 2.50. The number of nitrogens with zero attached hydrogens (tertiary/aromatic N) is 2. The first-order chi connectivity index (χ1) is 12.1. The van der Waals surface area contributed by atoms with Crippen LogP contribution in [0.4, 0.5) is 5.69 Å². The molecule has 3 rings (SSSR count). The number of benzene rings is 1. The van der Waals surface area contributed by atoms with Crippen molar-refractivity contribution < 1.29 is 13.2 Å². The Morgan fingerprint density at radius 2 is 1.96 bits per heavy atom. The second-order valence-electron chi connectivity index (χ2n) is 7.10. The molecule has 26 heavy (non-hydrogen) atoms. The molecule has 1 aromatic rings. The number of fused-ring (bicyclic) bond motifs is 1. The number of hydrogen-bond acceptors (Lipinski definition) is 4. The summed E-state index contributed by atoms with van der Waals surface area (Å²) in [6.45, 7) is 7.84. The number of carbonyl (C=O) groups excluding carboxylic acids is 1. The van der Waals surface area contributed by atoms with E-state index in [4.69, 9.17) is 0 Å². The molecule has 0 aliphatic carbocycles. The number of sulfone groups is 1. The molecule has 1 aromatic carbocycles. The Balaban J connectivity index is 2.09. The Bertz CT molecular complexity index is 859. The van der Waals surface area contributed by atoms with Crippen LogP contribution in [0.2, 0.25) is 0 Å². The van der Waals surface area contributed by atoms with Gasteiger partial charge in [0, 0.05) is 21.3 Å². The van der Waals surface area contributed by atoms with Gasteiger partial charge in [-0.05, 0) is 43.5 Å². The van der Waals surface area contributed by atoms with E-state index in [2.05, 4.69) is 20.9 Å². The first-order valence-corrected chi connectivity index (χ1v) is 12.2. The van der Waals surface area contributed by atoms with E-state index in [0.717, 1.165) is 27.7 Å². The number of aliphatic imine (C=N–C) groups is 1. The van der Waals surface area contributed by atoms with Crippen LogP contribution in [-0.4, -0.2) is 42.3 Å². The van der Waals surface area contributed by atoms with Gasteiger partial charge in [-0.15, -0.1) is 0 Å². The second kappa shape index (κ2) is 7.28. The minimum absolute atomic E-state index is 0.0778. The lowest BCUT2D eigenvalue weighted by atomic mass is 10.1. The van der Waals surface area contributed by atoms with Crippen molar-refractivity contribution in [1.29, 1.82) is 0 Å². The standard InChI is InChI=1S/C18H23BrN2O3S2/c1-5-10(2)17(22)20-18-21(14-8-26(23,24)9-15(14)25-18)16-11(3)6-13(19)7-12(16)4/h6-7,10,14-15H,5,8-9H2,1-4H3/t10-,14+,15+/m0/s1. The Labute approximate surface area is 167 Å². The molecule has 5 nitrogen and oxygen atoms in total. The summed E-state index contributed by atoms with van der Waals surface area (Å²) in [5.74, 6) is -0.0309. The molecule has 0 spiro atoms. The van der Waals surface area contributed by atoms with E-state index in [9.17, 15) is 13.2 Å². The zero-order valence-electron chi connectivity index (χ0n) is 15.3. The predicted octanol–water partition coefficient (Wildman–Crippen LogP) is 3.71. The van der Waals surface area contributed by atoms with Crippen LogP contribution < -0.4 is 4.90 Å². The third-order valence-electron chi connectivity index (χ3n) is 5.00. The van der Waals surface area contributed by atoms with Gasteiger partial charge >= 0.3 is 0 Å². The SMILES string of the molecule is CC[C@H](C)C(=O)N=C1S[C@@H]2CS(=O)(=O)C[C@H]2N1c1c(C)cc(Br)cc1C. The topological polar surface area (TPSA) is 66.8 Å². The van der Waals surface area contributed by atoms with E-state index in [0.29, 0.717) is 5.17 Å². The molecule has 0 bridgehead atoms. The van der Waals surface area contributed by atoms with Crippen molar-refractivity contribution in [2.45, 2.75) is 45.4 Å². The fraction of sp³-hybridized carbons (Fsp3) is 0.556. The number of carbonyl (C=O) groups is 1. The van der Waals surface area contributed by atoms with Gasteiger partial charge in [-0.1, -0.05) is 41.5 Å². The first-order valence-electron chi connectivity index (χ1n) is 8.68. The van der Waals surface area contributed by atoms with Crippen LogP contribution in [0.25, 0.3) is 0 Å². The highest BCUT2D eigenvalue weighted by atomic mass is 79.9. The minimum atomic E-state index is -3.06. The zero-order valence-corrected chi connectivity index (χ0v) is 18.5. The summed E-state index contributed by atoms with van der Waals surface area (Å²) in [5, 5.41) is 0.555. The summed E-state index contributed by atoms with van der Waals surface area (Å²) < 4.78 is 25.3. The van der Waals surface area contributed by atoms with Gasteiger partial charge in [-0.3, -0.25) is 4.79 Å². The Morgan fingerprint density at radius 1 is 1.35 bits per heavy atom. The molecule has 2 aliphatic heterocycles. The van der Waals surface area contributed by atoms with Gasteiger partial charge in [-0.2, -0.15) is 4.99 Å². The average molecular weight is 459 g/mol. The summed E-state index contributed by atoms with van der Waals surface area (Å²) >= 11 is 4.94. The van der Waals surface area contributed by atoms with Gasteiger partial charge < -0.3 is 4.90 Å². The molecular weight excluding hydrogens is 436 g/mol. The largest absolute Gasteiger partial charge is 0.315 e. The van der Waals surface area contributed by atoms with Crippen LogP contribution in [0.15, 0.2) is 21.6 Å². The van der Waals surface area contributed by atoms with E-state index in [1.165, 1.54) is 11.8 Å². The van der Waals surface area contributed by atoms with E-state index < -0.39 is 9.84 Å². The first kappa shape index (κ1) is 19.9. The Hall–Kier alpha value is -0.860. The maximum Gasteiger partial charge on any atom is 0.250 e. The molecule has 3 atom stereocenters. The third kappa shape index (κ3) is 3.73. The monoisotopic (exact) mass is 458 g/mol. The van der Waals surface area contributed by atoms with Crippen LogP contribution in [0.5, 0.6) is 0 Å². The summed E-state index contributed by atoms with van der Waals surface area (Å²) in [6.07, 6.45) is 0.734. The van der Waals surface area contributed by atoms with Crippen molar-refractivity contribution in [3.63, 3.8) is 0 Å². The van der Waals surface area contributed by atoms with Crippen LogP contribution in [0, 0.1) is 19.8 Å². The number of aryl methyl sites for hydroxylation is 2. The fourth-order valence-electron chi connectivity index (χ4n) is 3.49. The highest BCUT2D eigenvalue weighted by molar-refractivity contribution is 9.10. The number of rotatable bonds is 3. The molecule has 142 valence electrons. The van der Waals surface area contributed by atoms with Crippen molar-refractivity contribution in [2.24, 2.45) is 10.9 Å². The number of halogens is 1. The van der Waals surface area contributed by atoms with Crippen LogP contribution >= 0.6 is 27.7 Å². The number of thioether (sulfide) groups is 1. The molecule has 0 saturated carbocycles. The number of anilines is 1. The number of amidine groups is 1. The van der Waals surface area contributed by atoms with Crippen molar-refractivity contribution >= 4 is 54.3 Å². The Kier molecular flexibility index (Phi) is 5.57. The van der Waals surface area contributed by atoms with Gasteiger partial charge in [-0.25, -0.2) is 8.42 Å². The molecule has 0 aromatic heterocycles. The molecule has 8 heteroatoms. The molecular formula is C18H23BrN2O3S2. The summed E-state index contributed by atoms with van der Waals surface area (Å²) in [5.41, 5.74) is 3.03. The van der Waals surface area contributed by atoms with E-state index in [1.807, 2.05) is 44.7 Å². The average Bonchev–Trinajstić information content (AvgIpc) is 2.98. The smallest absolute Gasteiger partial charge is 0.250 e. The molecule has 2 fully saturated rings. The lowest BCUT2D eigenvalue weighted by molar-refractivity contribution is -0.121. The molecule has 0 radical (unpaired) electrons. The molecule has 2 aliphatic rings. The molecule has 1 amide bonds.